The van der Waals surface area contributed by atoms with Gasteiger partial charge in [-0.15, -0.1) is 0 Å². The van der Waals surface area contributed by atoms with Crippen molar-refractivity contribution in [3.8, 4) is 0 Å². The van der Waals surface area contributed by atoms with Gasteiger partial charge in [0.15, 0.2) is 5.78 Å². The van der Waals surface area contributed by atoms with Gasteiger partial charge in [-0.3, -0.25) is 9.59 Å². The molecule has 5 rings (SSSR count). The van der Waals surface area contributed by atoms with Crippen LogP contribution >= 0.6 is 0 Å². The highest BCUT2D eigenvalue weighted by Gasteiger charge is 2.59. The molecule has 1 N–H and O–H groups in total. The molecule has 2 saturated carbocycles. The van der Waals surface area contributed by atoms with Crippen LogP contribution in [0.2, 0.25) is 0 Å². The van der Waals surface area contributed by atoms with Crippen molar-refractivity contribution in [2.75, 3.05) is 0 Å². The molecule has 0 amide bonds. The van der Waals surface area contributed by atoms with Crippen LogP contribution in [0.15, 0.2) is 84.5 Å². The Kier molecular flexibility index (Phi) is 9.41. The number of ether oxygens (including phenoxy) is 3. The predicted molar refractivity (Wildman–Crippen MR) is 172 cm³/mol. The Morgan fingerprint density at radius 2 is 1.43 bits per heavy atom. The first-order chi connectivity index (χ1) is 21.7. The van der Waals surface area contributed by atoms with Gasteiger partial charge in [0, 0.05) is 18.9 Å². The molecule has 244 valence electrons. The molecule has 0 saturated heterocycles. The number of fused-ring (bicyclic) bond motifs is 3. The molecule has 0 aliphatic heterocycles. The normalized spacial score (nSPS) is 33.4. The molecule has 0 aromatic heterocycles. The number of hydrogen-bond donors (Lipinski definition) is 1. The summed E-state index contributed by atoms with van der Waals surface area (Å²) in [6, 6.07) is 17.1. The number of hydrogen-bond acceptors (Lipinski definition) is 8. The lowest BCUT2D eigenvalue weighted by molar-refractivity contribution is -0.160. The van der Waals surface area contributed by atoms with Crippen LogP contribution < -0.4 is 0 Å². The van der Waals surface area contributed by atoms with Crippen LogP contribution in [0.25, 0.3) is 0 Å². The molecule has 8 heteroatoms. The van der Waals surface area contributed by atoms with E-state index in [1.54, 1.807) is 67.6 Å². The van der Waals surface area contributed by atoms with Gasteiger partial charge in [0.25, 0.3) is 0 Å². The molecular formula is C38H44O8. The Balaban J connectivity index is 1.56. The number of Topliss-reactive ketones (excluding diaryl/α,β-unsaturated/α-hetero) is 1. The first kappa shape index (κ1) is 33.3. The molecule has 2 fully saturated rings. The van der Waals surface area contributed by atoms with E-state index in [4.69, 9.17) is 14.2 Å². The Morgan fingerprint density at radius 3 is 2.00 bits per heavy atom. The molecule has 2 aromatic carbocycles. The molecule has 0 radical (unpaired) electrons. The third kappa shape index (κ3) is 6.59. The Bertz CT molecular complexity index is 1530. The van der Waals surface area contributed by atoms with E-state index in [2.05, 4.69) is 20.4 Å². The Hall–Kier alpha value is -4.04. The largest absolute Gasteiger partial charge is 0.458 e. The maximum Gasteiger partial charge on any atom is 0.338 e. The van der Waals surface area contributed by atoms with Gasteiger partial charge in [0.1, 0.15) is 23.9 Å². The molecule has 8 nitrogen and oxygen atoms in total. The van der Waals surface area contributed by atoms with Crippen LogP contribution in [0.3, 0.4) is 0 Å². The molecule has 2 aromatic rings. The van der Waals surface area contributed by atoms with Crippen LogP contribution in [0.5, 0.6) is 0 Å². The third-order valence-electron chi connectivity index (χ3n) is 10.4. The third-order valence-corrected chi connectivity index (χ3v) is 10.4. The van der Waals surface area contributed by atoms with Crippen molar-refractivity contribution in [2.45, 2.75) is 84.2 Å². The van der Waals surface area contributed by atoms with Gasteiger partial charge in [-0.05, 0) is 79.2 Å². The molecule has 3 aliphatic rings. The van der Waals surface area contributed by atoms with Gasteiger partial charge in [0.05, 0.1) is 17.0 Å². The average molecular weight is 629 g/mol. The van der Waals surface area contributed by atoms with Crippen molar-refractivity contribution in [1.82, 2.24) is 0 Å². The molecule has 46 heavy (non-hydrogen) atoms. The summed E-state index contributed by atoms with van der Waals surface area (Å²) in [4.78, 5) is 53.5. The van der Waals surface area contributed by atoms with E-state index in [0.29, 0.717) is 35.1 Å². The minimum atomic E-state index is -1.79. The quantitative estimate of drug-likeness (QED) is 0.234. The van der Waals surface area contributed by atoms with E-state index in [-0.39, 0.29) is 30.1 Å². The second kappa shape index (κ2) is 13.0. The van der Waals surface area contributed by atoms with E-state index in [1.807, 2.05) is 13.0 Å². The molecular weight excluding hydrogens is 584 g/mol. The highest BCUT2D eigenvalue weighted by atomic mass is 16.6. The number of allylic oxidation sites excluding steroid dienone is 1. The second-order valence-electron chi connectivity index (χ2n) is 13.8. The predicted octanol–water partition coefficient (Wildman–Crippen LogP) is 6.28. The van der Waals surface area contributed by atoms with E-state index in [0.717, 1.165) is 0 Å². The number of ketones is 1. The summed E-state index contributed by atoms with van der Waals surface area (Å²) in [6.07, 6.45) is 0.305. The lowest BCUT2D eigenvalue weighted by Gasteiger charge is -2.45. The van der Waals surface area contributed by atoms with E-state index in [9.17, 15) is 24.3 Å². The van der Waals surface area contributed by atoms with Crippen LogP contribution in [-0.4, -0.2) is 52.7 Å². The standard InChI is InChI=1S/C38H44O8/c1-22-21-38(43)23(2)19-30-29(37(30,5)6)17-18-31(45-35(41)26-13-9-7-10-14-26)24(3)32(44-25(4)39)20-28(34(38)40)33(22)46-36(42)27-15-11-8-12-16-27/h7-16,19,22,28-33,43H,3,17-18,20-21H2,1-2,4-6H3/b23-19-/t22-,28+,29-,30+,31+,32+,33-,38-/m0/s1. The zero-order valence-corrected chi connectivity index (χ0v) is 27.2. The van der Waals surface area contributed by atoms with Crippen LogP contribution in [0.4, 0.5) is 0 Å². The highest BCUT2D eigenvalue weighted by molar-refractivity contribution is 5.95. The lowest BCUT2D eigenvalue weighted by Crippen LogP contribution is -2.57. The van der Waals surface area contributed by atoms with Crippen molar-refractivity contribution in [1.29, 1.82) is 0 Å². The topological polar surface area (TPSA) is 116 Å². The Labute approximate surface area is 270 Å². The molecule has 3 aliphatic carbocycles. The van der Waals surface area contributed by atoms with Crippen molar-refractivity contribution < 1.29 is 38.5 Å². The maximum atomic E-state index is 14.5. The number of rotatable bonds is 5. The number of carbonyl (C=O) groups excluding carboxylic acids is 4. The lowest BCUT2D eigenvalue weighted by atomic mass is 9.65. The average Bonchev–Trinajstić information content (AvgIpc) is 3.55. The van der Waals surface area contributed by atoms with Gasteiger partial charge in [-0.1, -0.05) is 69.8 Å². The van der Waals surface area contributed by atoms with Crippen molar-refractivity contribution in [3.63, 3.8) is 0 Å². The molecule has 0 spiro atoms. The summed E-state index contributed by atoms with van der Waals surface area (Å²) in [5.41, 5.74) is -0.293. The minimum Gasteiger partial charge on any atom is -0.458 e. The van der Waals surface area contributed by atoms with E-state index in [1.165, 1.54) is 6.92 Å². The summed E-state index contributed by atoms with van der Waals surface area (Å²) < 4.78 is 17.9. The van der Waals surface area contributed by atoms with Crippen LogP contribution in [0, 0.1) is 29.1 Å². The summed E-state index contributed by atoms with van der Waals surface area (Å²) in [5, 5.41) is 12.1. The molecule has 8 atom stereocenters. The monoisotopic (exact) mass is 628 g/mol. The number of aliphatic hydroxyl groups is 1. The minimum absolute atomic E-state index is 0.0751. The smallest absolute Gasteiger partial charge is 0.338 e. The first-order valence-electron chi connectivity index (χ1n) is 16.1. The fraction of sp³-hybridized carbons (Fsp3) is 0.474. The van der Waals surface area contributed by atoms with Crippen molar-refractivity contribution in [2.24, 2.45) is 29.1 Å². The number of esters is 3. The summed E-state index contributed by atoms with van der Waals surface area (Å²) in [6.45, 7) is 13.5. The van der Waals surface area contributed by atoms with Crippen LogP contribution in [-0.2, 0) is 23.8 Å². The van der Waals surface area contributed by atoms with E-state index >= 15 is 0 Å². The zero-order chi connectivity index (χ0) is 33.4. The second-order valence-corrected chi connectivity index (χ2v) is 13.8. The molecule has 2 bridgehead atoms. The zero-order valence-electron chi connectivity index (χ0n) is 27.2. The van der Waals surface area contributed by atoms with Gasteiger partial charge >= 0.3 is 17.9 Å². The van der Waals surface area contributed by atoms with E-state index < -0.39 is 59.4 Å². The highest BCUT2D eigenvalue weighted by Crippen LogP contribution is 2.62. The number of carbonyl (C=O) groups is 4. The van der Waals surface area contributed by atoms with Gasteiger partial charge in [-0.2, -0.15) is 0 Å². The summed E-state index contributed by atoms with van der Waals surface area (Å²) in [7, 11) is 0. The Morgan fingerprint density at radius 1 is 0.870 bits per heavy atom. The van der Waals surface area contributed by atoms with Crippen molar-refractivity contribution in [3.05, 3.63) is 95.6 Å². The van der Waals surface area contributed by atoms with Gasteiger partial charge in [-0.25, -0.2) is 9.59 Å². The maximum absolute atomic E-state index is 14.5. The molecule has 0 heterocycles. The van der Waals surface area contributed by atoms with Gasteiger partial charge < -0.3 is 19.3 Å². The summed E-state index contributed by atoms with van der Waals surface area (Å²) in [5.74, 6) is -3.39. The summed E-state index contributed by atoms with van der Waals surface area (Å²) >= 11 is 0. The fourth-order valence-electron chi connectivity index (χ4n) is 7.51. The molecule has 0 unspecified atom stereocenters. The number of benzene rings is 2. The van der Waals surface area contributed by atoms with Crippen LogP contribution in [0.1, 0.15) is 81.0 Å². The fourth-order valence-corrected chi connectivity index (χ4v) is 7.51. The SMILES string of the molecule is C=C1[C@H](OC(C)=O)C[C@H]2C(=O)[C@](O)(C[C@H](C)[C@@H]2OC(=O)c2ccccc2)/C(C)=C\[C@@H]2[C@H](CC[C@H]1OC(=O)c1ccccc1)C2(C)C. The van der Waals surface area contributed by atoms with Crippen molar-refractivity contribution >= 4 is 23.7 Å². The first-order valence-corrected chi connectivity index (χ1v) is 16.1. The van der Waals surface area contributed by atoms with Gasteiger partial charge in [0.2, 0.25) is 0 Å².